The van der Waals surface area contributed by atoms with Gasteiger partial charge in [0.2, 0.25) is 11.7 Å². The Kier molecular flexibility index (Phi) is 7.19. The number of anilines is 1. The molecule has 8 N–H and O–H groups in total. The van der Waals surface area contributed by atoms with Gasteiger partial charge in [-0.15, -0.1) is 0 Å². The summed E-state index contributed by atoms with van der Waals surface area (Å²) in [5.74, 6) is -8.90. The standard InChI is InChI=1S/C29H35FN4O8/c1-28-9-13-15(30)8-16(33-17(35)11-32-12-6-4-5-7-12)22(36)18(13)23(37)20(28)26(40)29(42)14(10-28)21(34(2)3)24(38)19(25(29)39)27(31)41/h8,12,14,21,32,36,38,40,42H,4-7,9-11H2,1-3H3,(H2,31,41)(H,33,35)/t14-,21-,28-,29+/m0/s1. The maximum atomic E-state index is 15.6. The van der Waals surface area contributed by atoms with Gasteiger partial charge in [-0.05, 0) is 39.8 Å². The van der Waals surface area contributed by atoms with Crippen LogP contribution in [0.15, 0.2) is 28.7 Å². The molecule has 5 rings (SSSR count). The lowest BCUT2D eigenvalue weighted by atomic mass is 9.53. The summed E-state index contributed by atoms with van der Waals surface area (Å²) in [6.07, 6.45) is 3.55. The summed E-state index contributed by atoms with van der Waals surface area (Å²) in [4.78, 5) is 53.5. The molecular formula is C29H35FN4O8. The summed E-state index contributed by atoms with van der Waals surface area (Å²) in [6.45, 7) is 1.45. The molecule has 2 amide bonds. The number of phenolic OH excluding ortho intramolecular Hbond substituents is 1. The molecule has 4 atom stereocenters. The Labute approximate surface area is 241 Å². The number of benzene rings is 1. The summed E-state index contributed by atoms with van der Waals surface area (Å²) in [5, 5.41) is 50.7. The number of aromatic hydroxyl groups is 1. The number of nitrogens with two attached hydrogens (primary N) is 1. The second-order valence-electron chi connectivity index (χ2n) is 12.2. The average Bonchev–Trinajstić information content (AvgIpc) is 3.41. The third-order valence-corrected chi connectivity index (χ3v) is 9.26. The first-order valence-corrected chi connectivity index (χ1v) is 13.9. The predicted molar refractivity (Wildman–Crippen MR) is 147 cm³/mol. The highest BCUT2D eigenvalue weighted by Crippen LogP contribution is 2.58. The Morgan fingerprint density at radius 1 is 1.17 bits per heavy atom. The molecule has 13 heteroatoms. The van der Waals surface area contributed by atoms with E-state index in [0.717, 1.165) is 31.7 Å². The van der Waals surface area contributed by atoms with Gasteiger partial charge < -0.3 is 36.8 Å². The van der Waals surface area contributed by atoms with Crippen LogP contribution in [0.4, 0.5) is 10.1 Å². The van der Waals surface area contributed by atoms with Crippen molar-refractivity contribution in [3.8, 4) is 5.75 Å². The van der Waals surface area contributed by atoms with Crippen molar-refractivity contribution in [3.63, 3.8) is 0 Å². The van der Waals surface area contributed by atoms with Crippen LogP contribution in [-0.2, 0) is 20.8 Å². The summed E-state index contributed by atoms with van der Waals surface area (Å²) >= 11 is 0. The van der Waals surface area contributed by atoms with E-state index in [4.69, 9.17) is 5.73 Å². The minimum Gasteiger partial charge on any atom is -0.510 e. The zero-order chi connectivity index (χ0) is 30.9. The molecule has 0 aliphatic heterocycles. The van der Waals surface area contributed by atoms with E-state index >= 15 is 4.39 Å². The van der Waals surface area contributed by atoms with Crippen molar-refractivity contribution in [2.45, 2.75) is 63.1 Å². The number of aliphatic hydroxyl groups is 3. The van der Waals surface area contributed by atoms with E-state index < -0.39 is 86.2 Å². The van der Waals surface area contributed by atoms with E-state index in [-0.39, 0.29) is 36.7 Å². The molecule has 12 nitrogen and oxygen atoms in total. The number of nitrogens with zero attached hydrogens (tertiary/aromatic N) is 1. The monoisotopic (exact) mass is 586 g/mol. The largest absolute Gasteiger partial charge is 0.510 e. The highest BCUT2D eigenvalue weighted by Gasteiger charge is 2.65. The highest BCUT2D eigenvalue weighted by atomic mass is 19.1. The predicted octanol–water partition coefficient (Wildman–Crippen LogP) is 1.12. The highest BCUT2D eigenvalue weighted by molar-refractivity contribution is 6.25. The summed E-state index contributed by atoms with van der Waals surface area (Å²) in [5.41, 5.74) is -1.20. The number of rotatable bonds is 6. The molecule has 4 aliphatic carbocycles. The fourth-order valence-electron chi connectivity index (χ4n) is 7.30. The molecule has 4 aliphatic rings. The average molecular weight is 587 g/mol. The van der Waals surface area contributed by atoms with Crippen LogP contribution < -0.4 is 16.4 Å². The van der Waals surface area contributed by atoms with Crippen molar-refractivity contribution in [1.29, 1.82) is 0 Å². The SMILES string of the molecule is CN(C)[C@@H]1C(O)=C(C(N)=O)C(=O)[C@@]2(O)C(O)=C3C(=O)c4c(O)c(NC(=O)CNC5CCCC5)cc(F)c4C[C@@]3(C)C[C@@H]12. The third kappa shape index (κ3) is 4.29. The van der Waals surface area contributed by atoms with Crippen molar-refractivity contribution in [3.05, 3.63) is 45.7 Å². The number of nitrogens with one attached hydrogen (secondary N) is 2. The van der Waals surface area contributed by atoms with Gasteiger partial charge in [0.1, 0.15) is 22.9 Å². The number of hydrogen-bond donors (Lipinski definition) is 7. The van der Waals surface area contributed by atoms with E-state index in [0.29, 0.717) is 0 Å². The van der Waals surface area contributed by atoms with Crippen molar-refractivity contribution in [2.75, 3.05) is 26.0 Å². The van der Waals surface area contributed by atoms with E-state index in [2.05, 4.69) is 10.6 Å². The minimum atomic E-state index is -2.82. The quantitative estimate of drug-likeness (QED) is 0.187. The smallest absolute Gasteiger partial charge is 0.255 e. The van der Waals surface area contributed by atoms with Gasteiger partial charge in [0, 0.05) is 34.6 Å². The van der Waals surface area contributed by atoms with Gasteiger partial charge >= 0.3 is 0 Å². The summed E-state index contributed by atoms with van der Waals surface area (Å²) in [7, 11) is 3.04. The normalized spacial score (nSPS) is 29.5. The van der Waals surface area contributed by atoms with Crippen LogP contribution in [0.2, 0.25) is 0 Å². The van der Waals surface area contributed by atoms with E-state index in [1.807, 2.05) is 0 Å². The maximum Gasteiger partial charge on any atom is 0.255 e. The van der Waals surface area contributed by atoms with Crippen LogP contribution in [0.25, 0.3) is 0 Å². The number of allylic oxidation sites excluding steroid dienone is 1. The second-order valence-corrected chi connectivity index (χ2v) is 12.2. The van der Waals surface area contributed by atoms with E-state index in [1.54, 1.807) is 6.92 Å². The lowest BCUT2D eigenvalue weighted by molar-refractivity contribution is -0.150. The molecule has 0 aromatic heterocycles. The number of halogens is 1. The lowest BCUT2D eigenvalue weighted by Crippen LogP contribution is -2.65. The summed E-state index contributed by atoms with van der Waals surface area (Å²) < 4.78 is 15.6. The molecule has 0 spiro atoms. The van der Waals surface area contributed by atoms with Crippen LogP contribution in [0.1, 0.15) is 54.9 Å². The van der Waals surface area contributed by atoms with Gasteiger partial charge in [0.05, 0.1) is 23.8 Å². The topological polar surface area (TPSA) is 203 Å². The molecule has 0 bridgehead atoms. The van der Waals surface area contributed by atoms with Gasteiger partial charge in [-0.3, -0.25) is 24.1 Å². The first kappa shape index (κ1) is 29.7. The zero-order valence-corrected chi connectivity index (χ0v) is 23.6. The van der Waals surface area contributed by atoms with Crippen molar-refractivity contribution < 1.29 is 44.0 Å². The van der Waals surface area contributed by atoms with Gasteiger partial charge in [0.15, 0.2) is 17.1 Å². The van der Waals surface area contributed by atoms with Gasteiger partial charge in [-0.2, -0.15) is 0 Å². The Morgan fingerprint density at radius 2 is 1.81 bits per heavy atom. The minimum absolute atomic E-state index is 0.0904. The Balaban J connectivity index is 1.58. The van der Waals surface area contributed by atoms with Crippen LogP contribution in [0.3, 0.4) is 0 Å². The van der Waals surface area contributed by atoms with Crippen molar-refractivity contribution >= 4 is 29.1 Å². The molecule has 226 valence electrons. The number of carbonyl (C=O) groups excluding carboxylic acids is 4. The molecule has 1 aromatic rings. The second kappa shape index (κ2) is 10.2. The molecule has 1 aromatic carbocycles. The van der Waals surface area contributed by atoms with Crippen LogP contribution in [-0.4, -0.2) is 87.0 Å². The Bertz CT molecular complexity index is 1480. The van der Waals surface area contributed by atoms with Gasteiger partial charge in [-0.1, -0.05) is 19.8 Å². The number of likely N-dealkylation sites (N-methyl/N-ethyl adjacent to an activating group) is 1. The molecule has 1 saturated carbocycles. The Hall–Kier alpha value is -3.81. The number of amides is 2. The number of aliphatic hydroxyl groups excluding tert-OH is 2. The van der Waals surface area contributed by atoms with Crippen LogP contribution >= 0.6 is 0 Å². The van der Waals surface area contributed by atoms with Gasteiger partial charge in [0.25, 0.3) is 5.91 Å². The zero-order valence-electron chi connectivity index (χ0n) is 23.6. The lowest BCUT2D eigenvalue weighted by Gasteiger charge is -2.53. The molecular weight excluding hydrogens is 551 g/mol. The number of fused-ring (bicyclic) bond motifs is 3. The first-order valence-electron chi connectivity index (χ1n) is 13.9. The number of primary amides is 1. The number of phenols is 1. The van der Waals surface area contributed by atoms with Crippen LogP contribution in [0, 0.1) is 17.2 Å². The number of carbonyl (C=O) groups is 4. The first-order chi connectivity index (χ1) is 19.6. The van der Waals surface area contributed by atoms with E-state index in [9.17, 15) is 39.6 Å². The fraction of sp³-hybridized carbons (Fsp3) is 0.517. The van der Waals surface area contributed by atoms with Gasteiger partial charge in [-0.25, -0.2) is 4.39 Å². The number of Topliss-reactive ketones (excluding diaryl/α,β-unsaturated/α-hetero) is 2. The van der Waals surface area contributed by atoms with E-state index in [1.165, 1.54) is 19.0 Å². The molecule has 1 fully saturated rings. The molecule has 0 saturated heterocycles. The molecule has 0 heterocycles. The Morgan fingerprint density at radius 3 is 2.40 bits per heavy atom. The third-order valence-electron chi connectivity index (χ3n) is 9.26. The molecule has 0 unspecified atom stereocenters. The number of hydrogen-bond acceptors (Lipinski definition) is 10. The molecule has 42 heavy (non-hydrogen) atoms. The fourth-order valence-corrected chi connectivity index (χ4v) is 7.30. The summed E-state index contributed by atoms with van der Waals surface area (Å²) in [6, 6.07) is -0.0611. The van der Waals surface area contributed by atoms with Crippen molar-refractivity contribution in [1.82, 2.24) is 10.2 Å². The molecule has 0 radical (unpaired) electrons. The van der Waals surface area contributed by atoms with Crippen molar-refractivity contribution in [2.24, 2.45) is 17.1 Å². The maximum absolute atomic E-state index is 15.6. The number of ketones is 2. The van der Waals surface area contributed by atoms with Crippen LogP contribution in [0.5, 0.6) is 5.75 Å².